The van der Waals surface area contributed by atoms with Crippen molar-refractivity contribution in [3.8, 4) is 0 Å². The molecule has 2 rings (SSSR count). The number of carbonyl (C=O) groups is 2. The summed E-state index contributed by atoms with van der Waals surface area (Å²) in [5.41, 5.74) is 2.09. The summed E-state index contributed by atoms with van der Waals surface area (Å²) in [5, 5.41) is 2.83. The average Bonchev–Trinajstić information content (AvgIpc) is 2.66. The molecule has 1 N–H and O–H groups in total. The number of anilines is 1. The van der Waals surface area contributed by atoms with E-state index in [-0.39, 0.29) is 5.91 Å². The molecular formula is C21H26N2O3. The van der Waals surface area contributed by atoms with E-state index in [1.54, 1.807) is 31.2 Å². The van der Waals surface area contributed by atoms with E-state index < -0.39 is 5.97 Å². The third-order valence-electron chi connectivity index (χ3n) is 4.05. The largest absolute Gasteiger partial charge is 0.462 e. The smallest absolute Gasteiger partial charge is 0.340 e. The first-order chi connectivity index (χ1) is 12.6. The molecule has 5 nitrogen and oxygen atoms in total. The molecule has 0 atom stereocenters. The summed E-state index contributed by atoms with van der Waals surface area (Å²) in [6, 6.07) is 17.1. The van der Waals surface area contributed by atoms with Crippen molar-refractivity contribution in [2.75, 3.05) is 25.0 Å². The molecule has 26 heavy (non-hydrogen) atoms. The third-order valence-corrected chi connectivity index (χ3v) is 4.05. The molecule has 0 bridgehead atoms. The van der Waals surface area contributed by atoms with Gasteiger partial charge in [0.2, 0.25) is 5.91 Å². The highest BCUT2D eigenvalue weighted by atomic mass is 16.5. The van der Waals surface area contributed by atoms with Crippen LogP contribution in [-0.4, -0.2) is 36.5 Å². The molecule has 0 aliphatic rings. The quantitative estimate of drug-likeness (QED) is 0.698. The molecule has 2 aromatic carbocycles. The number of benzene rings is 2. The van der Waals surface area contributed by atoms with Gasteiger partial charge >= 0.3 is 5.97 Å². The standard InChI is InChI=1S/C21H26N2O3/c1-3-23(16-17-10-6-5-7-11-17)15-14-20(24)22-19-13-9-8-12-18(19)21(25)26-4-2/h5-13H,3-4,14-16H2,1-2H3,(H,22,24). The third kappa shape index (κ3) is 6.01. The van der Waals surface area contributed by atoms with Crippen molar-refractivity contribution in [2.45, 2.75) is 26.8 Å². The molecule has 1 amide bonds. The SMILES string of the molecule is CCOC(=O)c1ccccc1NC(=O)CCN(CC)Cc1ccccc1. The Kier molecular flexibility index (Phi) is 7.83. The molecular weight excluding hydrogens is 328 g/mol. The number of hydrogen-bond acceptors (Lipinski definition) is 4. The van der Waals surface area contributed by atoms with Gasteiger partial charge in [-0.15, -0.1) is 0 Å². The van der Waals surface area contributed by atoms with Crippen molar-refractivity contribution in [1.82, 2.24) is 4.90 Å². The Morgan fingerprint density at radius 1 is 1.00 bits per heavy atom. The minimum absolute atomic E-state index is 0.117. The van der Waals surface area contributed by atoms with Crippen LogP contribution in [0.5, 0.6) is 0 Å². The number of amides is 1. The van der Waals surface area contributed by atoms with Crippen LogP contribution in [0.3, 0.4) is 0 Å². The number of nitrogens with one attached hydrogen (secondary N) is 1. The fraction of sp³-hybridized carbons (Fsp3) is 0.333. The Balaban J connectivity index is 1.91. The van der Waals surface area contributed by atoms with Crippen LogP contribution < -0.4 is 5.32 Å². The molecule has 2 aromatic rings. The second kappa shape index (κ2) is 10.4. The Hall–Kier alpha value is -2.66. The van der Waals surface area contributed by atoms with Crippen LogP contribution in [0.1, 0.15) is 36.2 Å². The van der Waals surface area contributed by atoms with Gasteiger partial charge in [0, 0.05) is 19.5 Å². The lowest BCUT2D eigenvalue weighted by atomic mass is 10.1. The monoisotopic (exact) mass is 354 g/mol. The lowest BCUT2D eigenvalue weighted by Gasteiger charge is -2.20. The van der Waals surface area contributed by atoms with Gasteiger partial charge in [0.1, 0.15) is 0 Å². The molecule has 0 radical (unpaired) electrons. The molecule has 0 spiro atoms. The summed E-state index contributed by atoms with van der Waals surface area (Å²) in [5.74, 6) is -0.545. The minimum Gasteiger partial charge on any atom is -0.462 e. The topological polar surface area (TPSA) is 58.6 Å². The summed E-state index contributed by atoms with van der Waals surface area (Å²) in [6.07, 6.45) is 0.359. The van der Waals surface area contributed by atoms with E-state index in [9.17, 15) is 9.59 Å². The van der Waals surface area contributed by atoms with Crippen LogP contribution in [0.2, 0.25) is 0 Å². The molecule has 0 saturated carbocycles. The summed E-state index contributed by atoms with van der Waals surface area (Å²) >= 11 is 0. The van der Waals surface area contributed by atoms with Gasteiger partial charge in [0.25, 0.3) is 0 Å². The van der Waals surface area contributed by atoms with Gasteiger partial charge in [-0.05, 0) is 31.2 Å². The molecule has 0 unspecified atom stereocenters. The zero-order valence-corrected chi connectivity index (χ0v) is 15.4. The van der Waals surface area contributed by atoms with Gasteiger partial charge in [-0.25, -0.2) is 4.79 Å². The highest BCUT2D eigenvalue weighted by Gasteiger charge is 2.14. The van der Waals surface area contributed by atoms with Crippen LogP contribution in [-0.2, 0) is 16.1 Å². The van der Waals surface area contributed by atoms with Crippen molar-refractivity contribution in [2.24, 2.45) is 0 Å². The summed E-state index contributed by atoms with van der Waals surface area (Å²) in [4.78, 5) is 26.5. The minimum atomic E-state index is -0.428. The molecule has 0 aliphatic heterocycles. The number of carbonyl (C=O) groups excluding carboxylic acids is 2. The first-order valence-electron chi connectivity index (χ1n) is 8.96. The van der Waals surface area contributed by atoms with Crippen LogP contribution >= 0.6 is 0 Å². The molecule has 0 saturated heterocycles. The maximum absolute atomic E-state index is 12.3. The van der Waals surface area contributed by atoms with E-state index in [0.29, 0.717) is 30.8 Å². The highest BCUT2D eigenvalue weighted by Crippen LogP contribution is 2.16. The molecule has 0 aromatic heterocycles. The van der Waals surface area contributed by atoms with Crippen molar-refractivity contribution >= 4 is 17.6 Å². The van der Waals surface area contributed by atoms with E-state index in [4.69, 9.17) is 4.74 Å². The lowest BCUT2D eigenvalue weighted by molar-refractivity contribution is -0.116. The van der Waals surface area contributed by atoms with Gasteiger partial charge in [-0.2, -0.15) is 0 Å². The van der Waals surface area contributed by atoms with Crippen molar-refractivity contribution in [1.29, 1.82) is 0 Å². The fourth-order valence-electron chi connectivity index (χ4n) is 2.64. The van der Waals surface area contributed by atoms with E-state index in [1.807, 2.05) is 18.2 Å². The van der Waals surface area contributed by atoms with Gasteiger partial charge in [-0.3, -0.25) is 9.69 Å². The van der Waals surface area contributed by atoms with Crippen LogP contribution in [0, 0.1) is 0 Å². The first-order valence-corrected chi connectivity index (χ1v) is 8.96. The zero-order valence-electron chi connectivity index (χ0n) is 15.4. The predicted octanol–water partition coefficient (Wildman–Crippen LogP) is 3.71. The van der Waals surface area contributed by atoms with Crippen LogP contribution in [0.4, 0.5) is 5.69 Å². The Morgan fingerprint density at radius 2 is 1.69 bits per heavy atom. The number of hydrogen-bond donors (Lipinski definition) is 1. The number of ether oxygens (including phenoxy) is 1. The summed E-state index contributed by atoms with van der Waals surface area (Å²) < 4.78 is 5.03. The van der Waals surface area contributed by atoms with E-state index in [2.05, 4.69) is 29.3 Å². The van der Waals surface area contributed by atoms with E-state index in [0.717, 1.165) is 13.1 Å². The van der Waals surface area contributed by atoms with Crippen molar-refractivity contribution in [3.63, 3.8) is 0 Å². The Bertz CT molecular complexity index is 716. The number of esters is 1. The average molecular weight is 354 g/mol. The predicted molar refractivity (Wildman–Crippen MR) is 103 cm³/mol. The zero-order chi connectivity index (χ0) is 18.8. The summed E-state index contributed by atoms with van der Waals surface area (Å²) in [7, 11) is 0. The van der Waals surface area contributed by atoms with Crippen LogP contribution in [0.15, 0.2) is 54.6 Å². The van der Waals surface area contributed by atoms with Gasteiger partial charge in [0.05, 0.1) is 17.9 Å². The molecule has 0 fully saturated rings. The van der Waals surface area contributed by atoms with E-state index >= 15 is 0 Å². The summed E-state index contributed by atoms with van der Waals surface area (Å²) in [6.45, 7) is 6.46. The fourth-order valence-corrected chi connectivity index (χ4v) is 2.64. The van der Waals surface area contributed by atoms with Gasteiger partial charge in [-0.1, -0.05) is 49.4 Å². The normalized spacial score (nSPS) is 10.6. The Morgan fingerprint density at radius 3 is 2.38 bits per heavy atom. The number of nitrogens with zero attached hydrogens (tertiary/aromatic N) is 1. The van der Waals surface area contributed by atoms with E-state index in [1.165, 1.54) is 5.56 Å². The molecule has 0 aliphatic carbocycles. The van der Waals surface area contributed by atoms with Crippen molar-refractivity contribution in [3.05, 3.63) is 65.7 Å². The highest BCUT2D eigenvalue weighted by molar-refractivity contribution is 6.01. The molecule has 5 heteroatoms. The maximum atomic E-state index is 12.3. The Labute approximate surface area is 155 Å². The number of para-hydroxylation sites is 1. The van der Waals surface area contributed by atoms with Gasteiger partial charge in [0.15, 0.2) is 0 Å². The molecule has 0 heterocycles. The second-order valence-electron chi connectivity index (χ2n) is 5.92. The number of rotatable bonds is 9. The van der Waals surface area contributed by atoms with Crippen molar-refractivity contribution < 1.29 is 14.3 Å². The van der Waals surface area contributed by atoms with Crippen LogP contribution in [0.25, 0.3) is 0 Å². The lowest BCUT2D eigenvalue weighted by Crippen LogP contribution is -2.27. The van der Waals surface area contributed by atoms with Gasteiger partial charge < -0.3 is 10.1 Å². The first kappa shape index (κ1) is 19.7. The molecule has 138 valence electrons. The second-order valence-corrected chi connectivity index (χ2v) is 5.92. The maximum Gasteiger partial charge on any atom is 0.340 e.